The Kier molecular flexibility index (Phi) is 0.504. The average molecular weight is 111 g/mol. The van der Waals surface area contributed by atoms with Gasteiger partial charge in [0.05, 0.1) is 0 Å². The van der Waals surface area contributed by atoms with Crippen LogP contribution in [0.25, 0.3) is 0 Å². The first kappa shape index (κ1) is 4.36. The maximum absolute atomic E-state index is 10.4. The predicted molar refractivity (Wildman–Crippen MR) is 29.0 cm³/mol. The van der Waals surface area contributed by atoms with Crippen molar-refractivity contribution >= 4 is 5.91 Å². The lowest BCUT2D eigenvalue weighted by molar-refractivity contribution is -0.119. The van der Waals surface area contributed by atoms with Gasteiger partial charge in [-0.15, -0.1) is 0 Å². The molecule has 0 saturated heterocycles. The molecular formula is C6H9NO. The van der Waals surface area contributed by atoms with Crippen LogP contribution in [0.2, 0.25) is 0 Å². The zero-order valence-corrected chi connectivity index (χ0v) is 4.68. The summed E-state index contributed by atoms with van der Waals surface area (Å²) in [6.45, 7) is 0. The highest BCUT2D eigenvalue weighted by Crippen LogP contribution is 2.70. The molecule has 0 radical (unpaired) electrons. The van der Waals surface area contributed by atoms with Crippen molar-refractivity contribution in [3.05, 3.63) is 0 Å². The number of amides is 1. The molecule has 2 fully saturated rings. The number of rotatable bonds is 1. The highest BCUT2D eigenvalue weighted by atomic mass is 16.1. The first-order valence-electron chi connectivity index (χ1n) is 3.04. The number of hydrogen-bond donors (Lipinski definition) is 1. The summed E-state index contributed by atoms with van der Waals surface area (Å²) in [7, 11) is 0. The van der Waals surface area contributed by atoms with E-state index in [9.17, 15) is 4.79 Å². The molecule has 2 saturated carbocycles. The summed E-state index contributed by atoms with van der Waals surface area (Å²) in [6, 6.07) is 0. The third kappa shape index (κ3) is 0.358. The van der Waals surface area contributed by atoms with Crippen LogP contribution in [-0.4, -0.2) is 5.91 Å². The molecule has 2 heteroatoms. The van der Waals surface area contributed by atoms with Crippen LogP contribution in [0.3, 0.4) is 0 Å². The quantitative estimate of drug-likeness (QED) is 0.518. The SMILES string of the molecule is NC(=O)[C@@H]1CC12CC2. The second-order valence-corrected chi connectivity index (χ2v) is 3.02. The van der Waals surface area contributed by atoms with Crippen molar-refractivity contribution in [2.45, 2.75) is 19.3 Å². The van der Waals surface area contributed by atoms with Gasteiger partial charge in [-0.05, 0) is 24.7 Å². The van der Waals surface area contributed by atoms with Crippen molar-refractivity contribution in [3.63, 3.8) is 0 Å². The summed E-state index contributed by atoms with van der Waals surface area (Å²) in [5.74, 6) is 0.185. The fourth-order valence-corrected chi connectivity index (χ4v) is 1.46. The fraction of sp³-hybridized carbons (Fsp3) is 0.833. The van der Waals surface area contributed by atoms with Crippen LogP contribution in [0.1, 0.15) is 19.3 Å². The van der Waals surface area contributed by atoms with Crippen molar-refractivity contribution in [1.82, 2.24) is 0 Å². The van der Waals surface area contributed by atoms with E-state index in [0.29, 0.717) is 5.41 Å². The third-order valence-corrected chi connectivity index (χ3v) is 2.43. The van der Waals surface area contributed by atoms with E-state index in [4.69, 9.17) is 5.73 Å². The molecule has 2 rings (SSSR count). The maximum atomic E-state index is 10.4. The van der Waals surface area contributed by atoms with Gasteiger partial charge in [0.2, 0.25) is 5.91 Å². The summed E-state index contributed by atoms with van der Waals surface area (Å²) in [5, 5.41) is 0. The van der Waals surface area contributed by atoms with Crippen LogP contribution in [-0.2, 0) is 4.79 Å². The van der Waals surface area contributed by atoms with Gasteiger partial charge in [-0.2, -0.15) is 0 Å². The molecule has 1 spiro atoms. The number of carbonyl (C=O) groups is 1. The molecule has 8 heavy (non-hydrogen) atoms. The zero-order valence-electron chi connectivity index (χ0n) is 4.68. The van der Waals surface area contributed by atoms with Gasteiger partial charge >= 0.3 is 0 Å². The Bertz CT molecular complexity index is 149. The maximum Gasteiger partial charge on any atom is 0.221 e. The molecule has 2 aliphatic carbocycles. The molecule has 1 amide bonds. The van der Waals surface area contributed by atoms with E-state index < -0.39 is 0 Å². The first-order chi connectivity index (χ1) is 3.75. The highest BCUT2D eigenvalue weighted by Gasteiger charge is 2.65. The summed E-state index contributed by atoms with van der Waals surface area (Å²) in [5.41, 5.74) is 5.54. The molecule has 0 bridgehead atoms. The van der Waals surface area contributed by atoms with Crippen LogP contribution in [0, 0.1) is 11.3 Å². The highest BCUT2D eigenvalue weighted by molar-refractivity contribution is 5.81. The Balaban J connectivity index is 2.06. The number of nitrogens with two attached hydrogens (primary N) is 1. The minimum Gasteiger partial charge on any atom is -0.369 e. The second-order valence-electron chi connectivity index (χ2n) is 3.02. The average Bonchev–Trinajstić information content (AvgIpc) is 2.50. The Hall–Kier alpha value is -0.530. The molecular weight excluding hydrogens is 102 g/mol. The van der Waals surface area contributed by atoms with Crippen molar-refractivity contribution in [2.75, 3.05) is 0 Å². The van der Waals surface area contributed by atoms with Gasteiger partial charge in [-0.1, -0.05) is 0 Å². The van der Waals surface area contributed by atoms with Gasteiger partial charge in [0, 0.05) is 5.92 Å². The van der Waals surface area contributed by atoms with E-state index in [-0.39, 0.29) is 11.8 Å². The van der Waals surface area contributed by atoms with Crippen LogP contribution in [0.5, 0.6) is 0 Å². The molecule has 0 unspecified atom stereocenters. The Labute approximate surface area is 48.1 Å². The molecule has 1 atom stereocenters. The molecule has 2 nitrogen and oxygen atoms in total. The fourth-order valence-electron chi connectivity index (χ4n) is 1.46. The normalized spacial score (nSPS) is 37.2. The molecule has 0 aromatic heterocycles. The van der Waals surface area contributed by atoms with Crippen molar-refractivity contribution < 1.29 is 4.79 Å². The number of hydrogen-bond acceptors (Lipinski definition) is 1. The smallest absolute Gasteiger partial charge is 0.221 e. The topological polar surface area (TPSA) is 43.1 Å². The first-order valence-corrected chi connectivity index (χ1v) is 3.04. The van der Waals surface area contributed by atoms with Gasteiger partial charge in [0.25, 0.3) is 0 Å². The minimum atomic E-state index is -0.0810. The molecule has 0 aliphatic heterocycles. The van der Waals surface area contributed by atoms with E-state index in [1.54, 1.807) is 0 Å². The van der Waals surface area contributed by atoms with Crippen molar-refractivity contribution in [2.24, 2.45) is 17.1 Å². The van der Waals surface area contributed by atoms with Crippen LogP contribution in [0.15, 0.2) is 0 Å². The lowest BCUT2D eigenvalue weighted by Gasteiger charge is -1.83. The standard InChI is InChI=1S/C6H9NO/c7-5(8)4-3-6(4)1-2-6/h4H,1-3H2,(H2,7,8)/t4-/m0/s1. The molecule has 0 heterocycles. The molecule has 2 N–H and O–H groups in total. The predicted octanol–water partition coefficient (Wildman–Crippen LogP) is 0.272. The van der Waals surface area contributed by atoms with Gasteiger partial charge in [0.15, 0.2) is 0 Å². The van der Waals surface area contributed by atoms with Gasteiger partial charge in [0.1, 0.15) is 0 Å². The monoisotopic (exact) mass is 111 g/mol. The Morgan fingerprint density at radius 1 is 1.62 bits per heavy atom. The summed E-state index contributed by atoms with van der Waals surface area (Å²) >= 11 is 0. The summed E-state index contributed by atoms with van der Waals surface area (Å²) in [4.78, 5) is 10.4. The molecule has 2 aliphatic rings. The Morgan fingerprint density at radius 2 is 2.25 bits per heavy atom. The van der Waals surface area contributed by atoms with E-state index >= 15 is 0 Å². The van der Waals surface area contributed by atoms with E-state index in [0.717, 1.165) is 6.42 Å². The third-order valence-electron chi connectivity index (χ3n) is 2.43. The van der Waals surface area contributed by atoms with Crippen LogP contribution in [0.4, 0.5) is 0 Å². The van der Waals surface area contributed by atoms with Crippen molar-refractivity contribution in [1.29, 1.82) is 0 Å². The van der Waals surface area contributed by atoms with E-state index in [1.165, 1.54) is 12.8 Å². The van der Waals surface area contributed by atoms with Crippen LogP contribution < -0.4 is 5.73 Å². The largest absolute Gasteiger partial charge is 0.369 e. The van der Waals surface area contributed by atoms with Gasteiger partial charge in [-0.25, -0.2) is 0 Å². The summed E-state index contributed by atoms with van der Waals surface area (Å²) < 4.78 is 0. The van der Waals surface area contributed by atoms with Gasteiger partial charge < -0.3 is 5.73 Å². The van der Waals surface area contributed by atoms with Crippen molar-refractivity contribution in [3.8, 4) is 0 Å². The van der Waals surface area contributed by atoms with E-state index in [1.807, 2.05) is 0 Å². The van der Waals surface area contributed by atoms with Gasteiger partial charge in [-0.3, -0.25) is 4.79 Å². The number of carbonyl (C=O) groups excluding carboxylic acids is 1. The molecule has 44 valence electrons. The lowest BCUT2D eigenvalue weighted by atomic mass is 10.3. The Morgan fingerprint density at radius 3 is 2.38 bits per heavy atom. The lowest BCUT2D eigenvalue weighted by Crippen LogP contribution is -2.14. The molecule has 0 aromatic rings. The summed E-state index contributed by atoms with van der Waals surface area (Å²) in [6.07, 6.45) is 3.59. The molecule has 0 aromatic carbocycles. The van der Waals surface area contributed by atoms with E-state index in [2.05, 4.69) is 0 Å². The number of primary amides is 1. The minimum absolute atomic E-state index is 0.0810. The zero-order chi connectivity index (χ0) is 5.78. The second kappa shape index (κ2) is 0.925. The van der Waals surface area contributed by atoms with Crippen LogP contribution >= 0.6 is 0 Å².